The highest BCUT2D eigenvalue weighted by Crippen LogP contribution is 2.47. The van der Waals surface area contributed by atoms with Gasteiger partial charge in [0.25, 0.3) is 5.91 Å². The number of thioether (sulfide) groups is 1. The normalized spacial score (nSPS) is 18.8. The summed E-state index contributed by atoms with van der Waals surface area (Å²) in [5.74, 6) is -1.30. The van der Waals surface area contributed by atoms with Gasteiger partial charge in [-0.25, -0.2) is 8.42 Å². The Labute approximate surface area is 292 Å². The first kappa shape index (κ1) is 38.4. The summed E-state index contributed by atoms with van der Waals surface area (Å²) < 4.78 is 50.7. The van der Waals surface area contributed by atoms with Crippen LogP contribution in [-0.2, 0) is 28.5 Å². The van der Waals surface area contributed by atoms with Crippen LogP contribution in [0.1, 0.15) is 51.1 Å². The van der Waals surface area contributed by atoms with E-state index in [2.05, 4.69) is 27.0 Å². The van der Waals surface area contributed by atoms with Gasteiger partial charge < -0.3 is 30.3 Å². The number of hydrogen-bond donors (Lipinski definition) is 4. The maximum atomic E-state index is 14.2. The van der Waals surface area contributed by atoms with Gasteiger partial charge in [0.05, 0.1) is 21.2 Å². The van der Waals surface area contributed by atoms with E-state index in [1.165, 1.54) is 17.8 Å². The molecule has 1 aliphatic heterocycles. The summed E-state index contributed by atoms with van der Waals surface area (Å²) >= 11 is 1.35. The van der Waals surface area contributed by atoms with Gasteiger partial charge in [0.2, 0.25) is 5.91 Å². The van der Waals surface area contributed by atoms with Crippen LogP contribution in [-0.4, -0.2) is 68.5 Å². The molecule has 0 aliphatic carbocycles. The number of benzene rings is 3. The van der Waals surface area contributed by atoms with Crippen molar-refractivity contribution in [2.45, 2.75) is 55.4 Å². The summed E-state index contributed by atoms with van der Waals surface area (Å²) in [6, 6.07) is 20.0. The molecule has 266 valence electrons. The van der Waals surface area contributed by atoms with Crippen LogP contribution in [0.4, 0.5) is 11.4 Å². The molecule has 15 heteroatoms. The van der Waals surface area contributed by atoms with Gasteiger partial charge in [-0.15, -0.1) is 11.8 Å². The highest BCUT2D eigenvalue weighted by Gasteiger charge is 2.42. The first-order valence-electron chi connectivity index (χ1n) is 16.0. The number of anilines is 2. The molecule has 3 aromatic carbocycles. The van der Waals surface area contributed by atoms with Crippen LogP contribution in [0, 0.1) is 5.41 Å². The molecule has 2 amide bonds. The van der Waals surface area contributed by atoms with Crippen LogP contribution in [0.2, 0.25) is 0 Å². The van der Waals surface area contributed by atoms with E-state index < -0.39 is 60.4 Å². The zero-order chi connectivity index (χ0) is 35.7. The van der Waals surface area contributed by atoms with Gasteiger partial charge in [0.1, 0.15) is 18.1 Å². The first-order chi connectivity index (χ1) is 23.4. The van der Waals surface area contributed by atoms with Gasteiger partial charge in [-0.2, -0.15) is 0 Å². The summed E-state index contributed by atoms with van der Waals surface area (Å²) in [7, 11) is -8.11. The van der Waals surface area contributed by atoms with Crippen molar-refractivity contribution in [3.05, 3.63) is 78.4 Å². The molecule has 0 aromatic heterocycles. The highest BCUT2D eigenvalue weighted by molar-refractivity contribution is 7.98. The number of unbranched alkanes of at least 4 members (excludes halogenated alkanes) is 1. The Balaban J connectivity index is 1.63. The van der Waals surface area contributed by atoms with Crippen LogP contribution in [0.3, 0.4) is 0 Å². The third kappa shape index (κ3) is 9.87. The monoisotopic (exact) mass is 733 g/mol. The quantitative estimate of drug-likeness (QED) is 0.0846. The summed E-state index contributed by atoms with van der Waals surface area (Å²) in [5, 5.41) is 13.7. The third-order valence-electron chi connectivity index (χ3n) is 8.51. The number of nitrogens with zero attached hydrogens (tertiary/aromatic N) is 1. The van der Waals surface area contributed by atoms with Crippen molar-refractivity contribution in [3.63, 3.8) is 0 Å². The predicted molar refractivity (Wildman–Crippen MR) is 190 cm³/mol. The zero-order valence-corrected chi connectivity index (χ0v) is 30.4. The van der Waals surface area contributed by atoms with Gasteiger partial charge in [-0.1, -0.05) is 75.2 Å². The molecular formula is C34H44N3O9PS2. The largest absolute Gasteiger partial charge is 0.483 e. The predicted octanol–water partition coefficient (Wildman–Crippen LogP) is 5.38. The lowest BCUT2D eigenvalue weighted by atomic mass is 9.81. The number of carbonyl (C=O) groups excluding carboxylic acids is 2. The van der Waals surface area contributed by atoms with Gasteiger partial charge in [0.15, 0.2) is 23.2 Å². The van der Waals surface area contributed by atoms with Crippen molar-refractivity contribution in [1.29, 1.82) is 0 Å². The van der Waals surface area contributed by atoms with Crippen LogP contribution >= 0.6 is 19.4 Å². The molecule has 3 atom stereocenters. The number of sulfone groups is 1. The lowest BCUT2D eigenvalue weighted by Crippen LogP contribution is -2.42. The smallest absolute Gasteiger partial charge is 0.349 e. The second-order valence-corrected chi connectivity index (χ2v) is 16.6. The molecule has 0 saturated heterocycles. The Kier molecular flexibility index (Phi) is 13.3. The van der Waals surface area contributed by atoms with E-state index in [4.69, 9.17) is 9.84 Å². The molecule has 0 bridgehead atoms. The van der Waals surface area contributed by atoms with E-state index in [9.17, 15) is 27.5 Å². The number of carbonyl (C=O) groups is 2. The highest BCUT2D eigenvalue weighted by atomic mass is 32.2. The topological polar surface area (TPSA) is 172 Å². The number of fused-ring (bicyclic) bond motifs is 1. The molecule has 2 unspecified atom stereocenters. The fourth-order valence-corrected chi connectivity index (χ4v) is 9.20. The molecular weight excluding hydrogens is 689 g/mol. The number of rotatable bonds is 16. The van der Waals surface area contributed by atoms with E-state index in [1.807, 2.05) is 43.5 Å². The average molecular weight is 734 g/mol. The Hall–Kier alpha value is -3.39. The number of para-hydroxylation sites is 1. The molecule has 0 radical (unpaired) electrons. The summed E-state index contributed by atoms with van der Waals surface area (Å²) in [6.45, 7) is 3.10. The van der Waals surface area contributed by atoms with Crippen LogP contribution < -0.4 is 20.3 Å². The second-order valence-electron chi connectivity index (χ2n) is 11.9. The van der Waals surface area contributed by atoms with Crippen molar-refractivity contribution in [2.24, 2.45) is 5.41 Å². The minimum Gasteiger partial charge on any atom is -0.483 e. The van der Waals surface area contributed by atoms with E-state index in [0.29, 0.717) is 29.1 Å². The standard InChI is InChI=1S/C34H44N3O9PS2/c1-4-6-17-34(5-2)21-37(26-15-11-8-12-16-26)27-18-29(48-3)28(19-30(27)49(43,44)22-34)45-20-31(39)36-32(25-13-9-7-10-14-25)33(40)35-23-47(41,42)46-24-38/h7-16,18-19,32,38H,4-6,17,20-24H2,1-3H3,(H,35,40)(H,36,39)(H,41,42)/t32-,34?/m1/s1. The molecule has 1 aliphatic rings. The van der Waals surface area contributed by atoms with Crippen molar-refractivity contribution in [1.82, 2.24) is 10.6 Å². The fraction of sp³-hybridized carbons (Fsp3) is 0.412. The SMILES string of the molecule is CCCCC1(CC)CN(c2ccccc2)c2cc(SC)c(OCC(=O)N[C@@H](C(=O)NCP(=O)(O)OCO)c3ccccc3)cc2S(=O)(=O)C1. The lowest BCUT2D eigenvalue weighted by molar-refractivity contribution is -0.130. The number of nitrogens with one attached hydrogen (secondary N) is 2. The molecule has 0 spiro atoms. The van der Waals surface area contributed by atoms with Crippen LogP contribution in [0.15, 0.2) is 82.6 Å². The Morgan fingerprint density at radius 2 is 1.76 bits per heavy atom. The minimum absolute atomic E-state index is 0.0244. The van der Waals surface area contributed by atoms with E-state index >= 15 is 0 Å². The van der Waals surface area contributed by atoms with Crippen molar-refractivity contribution < 1.29 is 41.8 Å². The summed E-state index contributed by atoms with van der Waals surface area (Å²) in [5.41, 5.74) is 1.34. The molecule has 12 nitrogen and oxygen atoms in total. The molecule has 4 N–H and O–H groups in total. The average Bonchev–Trinajstić information content (AvgIpc) is 3.19. The molecule has 0 saturated carbocycles. The number of hydrogen-bond acceptors (Lipinski definition) is 10. The van der Waals surface area contributed by atoms with Gasteiger partial charge in [0, 0.05) is 23.7 Å². The maximum absolute atomic E-state index is 14.2. The van der Waals surface area contributed by atoms with E-state index in [-0.39, 0.29) is 16.4 Å². The first-order valence-corrected chi connectivity index (χ1v) is 20.6. The lowest BCUT2D eigenvalue weighted by Gasteiger charge is -2.36. The van der Waals surface area contributed by atoms with Gasteiger partial charge in [-0.3, -0.25) is 18.7 Å². The van der Waals surface area contributed by atoms with Crippen molar-refractivity contribution in [2.75, 3.05) is 43.1 Å². The molecule has 3 aromatic rings. The number of amides is 2. The maximum Gasteiger partial charge on any atom is 0.349 e. The van der Waals surface area contributed by atoms with Crippen LogP contribution in [0.5, 0.6) is 5.75 Å². The number of aliphatic hydroxyl groups excluding tert-OH is 1. The minimum atomic E-state index is -4.31. The third-order valence-corrected chi connectivity index (χ3v) is 12.3. The summed E-state index contributed by atoms with van der Waals surface area (Å²) in [4.78, 5) is 38.9. The van der Waals surface area contributed by atoms with Gasteiger partial charge in [-0.05, 0) is 42.9 Å². The van der Waals surface area contributed by atoms with E-state index in [0.717, 1.165) is 24.9 Å². The Morgan fingerprint density at radius 3 is 2.37 bits per heavy atom. The van der Waals surface area contributed by atoms with Crippen LogP contribution in [0.25, 0.3) is 0 Å². The molecule has 0 fully saturated rings. The van der Waals surface area contributed by atoms with Crippen molar-refractivity contribution in [3.8, 4) is 5.75 Å². The second kappa shape index (κ2) is 17.0. The molecule has 4 rings (SSSR count). The number of aliphatic hydroxyl groups is 1. The van der Waals surface area contributed by atoms with Crippen molar-refractivity contribution >= 4 is 52.4 Å². The zero-order valence-electron chi connectivity index (χ0n) is 27.8. The fourth-order valence-electron chi connectivity index (χ4n) is 5.85. The molecule has 49 heavy (non-hydrogen) atoms. The van der Waals surface area contributed by atoms with E-state index in [1.54, 1.807) is 36.4 Å². The number of ether oxygens (including phenoxy) is 1. The Morgan fingerprint density at radius 1 is 1.08 bits per heavy atom. The summed E-state index contributed by atoms with van der Waals surface area (Å²) in [6.07, 6.45) is 4.34. The van der Waals surface area contributed by atoms with Gasteiger partial charge >= 0.3 is 7.60 Å². The molecule has 1 heterocycles. The Bertz CT molecular complexity index is 1750.